The smallest absolute Gasteiger partial charge is 0.0346 e. The summed E-state index contributed by atoms with van der Waals surface area (Å²) in [6.07, 6.45) is 6.20. The predicted molar refractivity (Wildman–Crippen MR) is 85.6 cm³/mol. The third-order valence-electron chi connectivity index (χ3n) is 3.31. The van der Waals surface area contributed by atoms with Gasteiger partial charge in [-0.2, -0.15) is 0 Å². The molecule has 0 atom stereocenters. The van der Waals surface area contributed by atoms with Gasteiger partial charge in [0.25, 0.3) is 0 Å². The molecule has 0 amide bonds. The lowest BCUT2D eigenvalue weighted by molar-refractivity contribution is 0.588. The van der Waals surface area contributed by atoms with Crippen molar-refractivity contribution in [1.82, 2.24) is 10.3 Å². The quantitative estimate of drug-likeness (QED) is 0.849. The van der Waals surface area contributed by atoms with Crippen LogP contribution in [0.2, 0.25) is 0 Å². The zero-order valence-electron chi connectivity index (χ0n) is 12.7. The van der Waals surface area contributed by atoms with Crippen molar-refractivity contribution in [3.05, 3.63) is 53.9 Å². The van der Waals surface area contributed by atoms with Gasteiger partial charge in [-0.05, 0) is 29.2 Å². The van der Waals surface area contributed by atoms with Gasteiger partial charge in [-0.15, -0.1) is 0 Å². The first-order chi connectivity index (χ1) is 9.69. The van der Waals surface area contributed by atoms with Crippen molar-refractivity contribution in [2.75, 3.05) is 0 Å². The predicted octanol–water partition coefficient (Wildman–Crippen LogP) is 4.20. The van der Waals surface area contributed by atoms with E-state index in [9.17, 15) is 0 Å². The molecule has 0 spiro atoms. The van der Waals surface area contributed by atoms with Crippen LogP contribution in [-0.4, -0.2) is 11.0 Å². The van der Waals surface area contributed by atoms with Crippen molar-refractivity contribution in [2.24, 2.45) is 0 Å². The van der Waals surface area contributed by atoms with E-state index >= 15 is 0 Å². The van der Waals surface area contributed by atoms with Gasteiger partial charge in [0.1, 0.15) is 0 Å². The molecular formula is C18H24N2. The molecule has 1 aromatic carbocycles. The van der Waals surface area contributed by atoms with Crippen molar-refractivity contribution in [2.45, 2.75) is 46.2 Å². The van der Waals surface area contributed by atoms with Crippen LogP contribution >= 0.6 is 0 Å². The fourth-order valence-electron chi connectivity index (χ4n) is 2.26. The highest BCUT2D eigenvalue weighted by Crippen LogP contribution is 2.21. The van der Waals surface area contributed by atoms with E-state index in [0.717, 1.165) is 13.0 Å². The maximum absolute atomic E-state index is 4.37. The molecular weight excluding hydrogens is 244 g/mol. The fourth-order valence-corrected chi connectivity index (χ4v) is 2.26. The molecule has 0 aliphatic heterocycles. The molecule has 0 fully saturated rings. The van der Waals surface area contributed by atoms with Gasteiger partial charge in [0, 0.05) is 30.5 Å². The van der Waals surface area contributed by atoms with Gasteiger partial charge in [-0.25, -0.2) is 0 Å². The van der Waals surface area contributed by atoms with E-state index in [1.807, 2.05) is 12.4 Å². The zero-order chi connectivity index (χ0) is 14.4. The average molecular weight is 268 g/mol. The van der Waals surface area contributed by atoms with Crippen LogP contribution in [0.15, 0.2) is 42.7 Å². The summed E-state index contributed by atoms with van der Waals surface area (Å²) in [7, 11) is 0. The summed E-state index contributed by atoms with van der Waals surface area (Å²) in [6, 6.07) is 11.5. The Hall–Kier alpha value is -1.67. The summed E-state index contributed by atoms with van der Waals surface area (Å²) in [5, 5.41) is 3.43. The number of aryl methyl sites for hydroxylation is 1. The first kappa shape index (κ1) is 14.7. The van der Waals surface area contributed by atoms with Crippen LogP contribution in [0, 0.1) is 0 Å². The molecule has 2 aromatic rings. The van der Waals surface area contributed by atoms with Gasteiger partial charge in [-0.1, -0.05) is 51.5 Å². The molecule has 106 valence electrons. The summed E-state index contributed by atoms with van der Waals surface area (Å²) in [5.74, 6) is 0. The van der Waals surface area contributed by atoms with E-state index in [-0.39, 0.29) is 0 Å². The molecule has 0 bridgehead atoms. The highest BCUT2D eigenvalue weighted by Gasteiger charge is 2.02. The van der Waals surface area contributed by atoms with Crippen molar-refractivity contribution in [3.8, 4) is 11.1 Å². The molecule has 0 aliphatic rings. The van der Waals surface area contributed by atoms with Crippen LogP contribution in [0.1, 0.15) is 38.3 Å². The van der Waals surface area contributed by atoms with E-state index in [4.69, 9.17) is 0 Å². The van der Waals surface area contributed by atoms with Crippen LogP contribution in [0.3, 0.4) is 0 Å². The maximum atomic E-state index is 4.37. The monoisotopic (exact) mass is 268 g/mol. The Morgan fingerprint density at radius 2 is 1.85 bits per heavy atom. The first-order valence-corrected chi connectivity index (χ1v) is 7.45. The highest BCUT2D eigenvalue weighted by atomic mass is 14.9. The third kappa shape index (κ3) is 4.17. The lowest BCUT2D eigenvalue weighted by Crippen LogP contribution is -2.21. The Morgan fingerprint density at radius 1 is 1.05 bits per heavy atom. The number of nitrogens with zero attached hydrogens (tertiary/aromatic N) is 1. The summed E-state index contributed by atoms with van der Waals surface area (Å²) in [6.45, 7) is 7.40. The molecule has 2 nitrogen and oxygen atoms in total. The molecule has 1 heterocycles. The van der Waals surface area contributed by atoms with Crippen molar-refractivity contribution >= 4 is 0 Å². The summed E-state index contributed by atoms with van der Waals surface area (Å²) >= 11 is 0. The molecule has 0 saturated carbocycles. The zero-order valence-corrected chi connectivity index (χ0v) is 12.7. The number of hydrogen-bond donors (Lipinski definition) is 1. The largest absolute Gasteiger partial charge is 0.310 e. The van der Waals surface area contributed by atoms with Crippen LogP contribution in [0.25, 0.3) is 11.1 Å². The summed E-state index contributed by atoms with van der Waals surface area (Å²) < 4.78 is 0. The van der Waals surface area contributed by atoms with Crippen molar-refractivity contribution < 1.29 is 0 Å². The fraction of sp³-hybridized carbons (Fsp3) is 0.389. The molecule has 2 rings (SSSR count). The Labute approximate surface area is 122 Å². The molecule has 0 radical (unpaired) electrons. The lowest BCUT2D eigenvalue weighted by Gasteiger charge is -2.10. The Bertz CT molecular complexity index is 547. The maximum Gasteiger partial charge on any atom is 0.0346 e. The topological polar surface area (TPSA) is 24.9 Å². The molecule has 2 heteroatoms. The molecule has 0 unspecified atom stereocenters. The molecule has 1 aromatic heterocycles. The minimum absolute atomic E-state index is 0.492. The summed E-state index contributed by atoms with van der Waals surface area (Å²) in [4.78, 5) is 4.37. The molecule has 0 aliphatic carbocycles. The standard InChI is InChI=1S/C18H24N2/c1-4-6-15-7-5-8-17(9-15)18-10-16(11-19-13-18)12-20-14(2)3/h5,7-11,13-14,20H,4,6,12H2,1-3H3. The number of benzene rings is 1. The van der Waals surface area contributed by atoms with Crippen LogP contribution in [0.5, 0.6) is 0 Å². The van der Waals surface area contributed by atoms with Gasteiger partial charge in [0.15, 0.2) is 0 Å². The van der Waals surface area contributed by atoms with Gasteiger partial charge < -0.3 is 5.32 Å². The Morgan fingerprint density at radius 3 is 2.60 bits per heavy atom. The molecule has 0 saturated heterocycles. The van der Waals surface area contributed by atoms with E-state index in [1.165, 1.54) is 28.7 Å². The highest BCUT2D eigenvalue weighted by molar-refractivity contribution is 5.63. The average Bonchev–Trinajstić information content (AvgIpc) is 2.46. The van der Waals surface area contributed by atoms with Crippen molar-refractivity contribution in [3.63, 3.8) is 0 Å². The number of aromatic nitrogens is 1. The molecule has 20 heavy (non-hydrogen) atoms. The van der Waals surface area contributed by atoms with Gasteiger partial charge in [0.05, 0.1) is 0 Å². The van der Waals surface area contributed by atoms with E-state index in [2.05, 4.69) is 61.4 Å². The number of hydrogen-bond acceptors (Lipinski definition) is 2. The van der Waals surface area contributed by atoms with Gasteiger partial charge in [0.2, 0.25) is 0 Å². The minimum atomic E-state index is 0.492. The van der Waals surface area contributed by atoms with Crippen LogP contribution in [-0.2, 0) is 13.0 Å². The SMILES string of the molecule is CCCc1cccc(-c2cncc(CNC(C)C)c2)c1. The van der Waals surface area contributed by atoms with Crippen LogP contribution in [0.4, 0.5) is 0 Å². The minimum Gasteiger partial charge on any atom is -0.310 e. The van der Waals surface area contributed by atoms with E-state index < -0.39 is 0 Å². The second-order valence-electron chi connectivity index (χ2n) is 5.57. The van der Waals surface area contributed by atoms with Crippen LogP contribution < -0.4 is 5.32 Å². The number of pyridine rings is 1. The number of nitrogens with one attached hydrogen (secondary N) is 1. The third-order valence-corrected chi connectivity index (χ3v) is 3.31. The van der Waals surface area contributed by atoms with Gasteiger partial charge >= 0.3 is 0 Å². The van der Waals surface area contributed by atoms with E-state index in [0.29, 0.717) is 6.04 Å². The molecule has 1 N–H and O–H groups in total. The van der Waals surface area contributed by atoms with Crippen molar-refractivity contribution in [1.29, 1.82) is 0 Å². The normalized spacial score (nSPS) is 11.0. The Kier molecular flexibility index (Phi) is 5.31. The lowest BCUT2D eigenvalue weighted by atomic mass is 10.0. The van der Waals surface area contributed by atoms with Gasteiger partial charge in [-0.3, -0.25) is 4.98 Å². The number of rotatable bonds is 6. The summed E-state index contributed by atoms with van der Waals surface area (Å²) in [5.41, 5.74) is 5.09. The van der Waals surface area contributed by atoms with E-state index in [1.54, 1.807) is 0 Å². The second kappa shape index (κ2) is 7.20. The first-order valence-electron chi connectivity index (χ1n) is 7.45. The second-order valence-corrected chi connectivity index (χ2v) is 5.57. The Balaban J connectivity index is 2.19.